The van der Waals surface area contributed by atoms with Crippen molar-refractivity contribution in [2.24, 2.45) is 0 Å². The van der Waals surface area contributed by atoms with E-state index in [4.69, 9.17) is 5.26 Å². The lowest BCUT2D eigenvalue weighted by atomic mass is 10.3. The van der Waals surface area contributed by atoms with Crippen molar-refractivity contribution in [1.82, 2.24) is 9.97 Å². The Morgan fingerprint density at radius 2 is 2.18 bits per heavy atom. The maximum atomic E-state index is 8.49. The number of para-hydroxylation sites is 2. The minimum absolute atomic E-state index is 0.367. The maximum Gasteiger partial charge on any atom is 0.211 e. The van der Waals surface area contributed by atoms with Crippen LogP contribution < -0.4 is 0 Å². The van der Waals surface area contributed by atoms with Gasteiger partial charge in [0, 0.05) is 0 Å². The molecule has 0 aliphatic heterocycles. The van der Waals surface area contributed by atoms with E-state index in [1.807, 2.05) is 30.3 Å². The van der Waals surface area contributed by atoms with Crippen LogP contribution in [0.15, 0.2) is 24.3 Å². The Balaban J connectivity index is 2.81. The lowest BCUT2D eigenvalue weighted by Crippen LogP contribution is -1.71. The Morgan fingerprint density at radius 1 is 1.36 bits per heavy atom. The topological polar surface area (TPSA) is 52.5 Å². The first-order chi connectivity index (χ1) is 5.40. The first kappa shape index (κ1) is 5.93. The Bertz CT molecular complexity index is 389. The number of aromatic nitrogens is 2. The number of aromatic amines is 1. The van der Waals surface area contributed by atoms with Crippen molar-refractivity contribution < 1.29 is 0 Å². The summed E-state index contributed by atoms with van der Waals surface area (Å²) in [6.07, 6.45) is 0. The summed E-state index contributed by atoms with van der Waals surface area (Å²) in [5, 5.41) is 8.49. The van der Waals surface area contributed by atoms with Crippen LogP contribution >= 0.6 is 0 Å². The molecule has 0 aliphatic carbocycles. The number of nitrogens with zero attached hydrogens (tertiary/aromatic N) is 2. The van der Waals surface area contributed by atoms with Gasteiger partial charge in [0.05, 0.1) is 11.0 Å². The third-order valence-corrected chi connectivity index (χ3v) is 1.50. The molecule has 1 N–H and O–H groups in total. The van der Waals surface area contributed by atoms with Gasteiger partial charge in [-0.1, -0.05) is 12.1 Å². The van der Waals surface area contributed by atoms with Gasteiger partial charge in [-0.25, -0.2) is 4.98 Å². The van der Waals surface area contributed by atoms with Crippen molar-refractivity contribution in [2.45, 2.75) is 0 Å². The summed E-state index contributed by atoms with van der Waals surface area (Å²) in [5.41, 5.74) is 1.74. The van der Waals surface area contributed by atoms with Gasteiger partial charge >= 0.3 is 0 Å². The highest BCUT2D eigenvalue weighted by atomic mass is 14.9. The molecule has 3 nitrogen and oxygen atoms in total. The molecule has 2 aromatic rings. The smallest absolute Gasteiger partial charge is 0.211 e. The molecule has 1 heterocycles. The van der Waals surface area contributed by atoms with Gasteiger partial charge in [0.15, 0.2) is 0 Å². The largest absolute Gasteiger partial charge is 0.329 e. The van der Waals surface area contributed by atoms with Crippen LogP contribution in [0.5, 0.6) is 0 Å². The van der Waals surface area contributed by atoms with Gasteiger partial charge in [0.2, 0.25) is 5.82 Å². The minimum Gasteiger partial charge on any atom is -0.329 e. The predicted molar refractivity (Wildman–Crippen MR) is 40.8 cm³/mol. The Morgan fingerprint density at radius 3 is 2.91 bits per heavy atom. The summed E-state index contributed by atoms with van der Waals surface area (Å²) in [4.78, 5) is 6.89. The van der Waals surface area contributed by atoms with Crippen LogP contribution in [0.25, 0.3) is 11.0 Å². The van der Waals surface area contributed by atoms with E-state index in [0.717, 1.165) is 11.0 Å². The highest BCUT2D eigenvalue weighted by molar-refractivity contribution is 5.75. The summed E-state index contributed by atoms with van der Waals surface area (Å²) >= 11 is 0. The molecule has 0 spiro atoms. The van der Waals surface area contributed by atoms with Gasteiger partial charge in [-0.15, -0.1) is 0 Å². The van der Waals surface area contributed by atoms with Crippen LogP contribution in [-0.2, 0) is 0 Å². The highest BCUT2D eigenvalue weighted by Crippen LogP contribution is 2.08. The number of benzene rings is 1. The standard InChI is InChI=1S/C8H5N3/c9-5-8-10-6-3-1-2-4-7(6)11-8/h1-4H,(H,10,11). The van der Waals surface area contributed by atoms with E-state index in [1.165, 1.54) is 0 Å². The molecule has 0 unspecified atom stereocenters. The molecule has 1 aromatic heterocycles. The normalized spacial score (nSPS) is 9.73. The summed E-state index contributed by atoms with van der Waals surface area (Å²) in [6, 6.07) is 9.51. The number of hydrogen-bond donors (Lipinski definition) is 1. The van der Waals surface area contributed by atoms with Crippen molar-refractivity contribution in [3.05, 3.63) is 30.1 Å². The first-order valence-corrected chi connectivity index (χ1v) is 3.25. The van der Waals surface area contributed by atoms with Crippen molar-refractivity contribution in [1.29, 1.82) is 5.26 Å². The molecule has 0 radical (unpaired) electrons. The first-order valence-electron chi connectivity index (χ1n) is 3.25. The molecule has 0 aliphatic rings. The average molecular weight is 143 g/mol. The molecule has 0 fully saturated rings. The molecular weight excluding hydrogens is 138 g/mol. The van der Waals surface area contributed by atoms with Crippen LogP contribution in [0.4, 0.5) is 0 Å². The van der Waals surface area contributed by atoms with E-state index in [1.54, 1.807) is 0 Å². The quantitative estimate of drug-likeness (QED) is 0.606. The zero-order chi connectivity index (χ0) is 7.68. The number of imidazole rings is 1. The van der Waals surface area contributed by atoms with Crippen LogP contribution in [0.2, 0.25) is 0 Å². The molecule has 0 saturated carbocycles. The zero-order valence-corrected chi connectivity index (χ0v) is 5.70. The fraction of sp³-hybridized carbons (Fsp3) is 0. The minimum atomic E-state index is 0.367. The maximum absolute atomic E-state index is 8.49. The number of rotatable bonds is 0. The summed E-state index contributed by atoms with van der Waals surface area (Å²) < 4.78 is 0. The lowest BCUT2D eigenvalue weighted by Gasteiger charge is -1.81. The number of nitrogens with one attached hydrogen (secondary N) is 1. The van der Waals surface area contributed by atoms with Gasteiger partial charge in [-0.05, 0) is 12.1 Å². The van der Waals surface area contributed by atoms with E-state index in [9.17, 15) is 0 Å². The van der Waals surface area contributed by atoms with E-state index in [0.29, 0.717) is 5.82 Å². The fourth-order valence-corrected chi connectivity index (χ4v) is 1.01. The molecule has 11 heavy (non-hydrogen) atoms. The molecule has 0 amide bonds. The van der Waals surface area contributed by atoms with Gasteiger partial charge < -0.3 is 4.98 Å². The van der Waals surface area contributed by atoms with Crippen molar-refractivity contribution in [3.63, 3.8) is 0 Å². The average Bonchev–Trinajstić information content (AvgIpc) is 2.46. The molecule has 1 aromatic carbocycles. The number of nitriles is 1. The van der Waals surface area contributed by atoms with Crippen LogP contribution in [0.3, 0.4) is 0 Å². The van der Waals surface area contributed by atoms with Crippen molar-refractivity contribution in [2.75, 3.05) is 0 Å². The van der Waals surface area contributed by atoms with Gasteiger partial charge in [0.25, 0.3) is 0 Å². The molecule has 3 heteroatoms. The van der Waals surface area contributed by atoms with Gasteiger partial charge in [-0.3, -0.25) is 0 Å². The van der Waals surface area contributed by atoms with Crippen molar-refractivity contribution in [3.8, 4) is 6.07 Å². The Hall–Kier alpha value is -1.82. The zero-order valence-electron chi connectivity index (χ0n) is 5.70. The molecule has 0 saturated heterocycles. The summed E-state index contributed by atoms with van der Waals surface area (Å²) in [7, 11) is 0. The molecule has 2 rings (SSSR count). The highest BCUT2D eigenvalue weighted by Gasteiger charge is 1.97. The Labute approximate surface area is 63.3 Å². The van der Waals surface area contributed by atoms with Crippen molar-refractivity contribution >= 4 is 11.0 Å². The second kappa shape index (κ2) is 2.10. The SMILES string of the molecule is N#Cc1nc2ccccc2[nH]1. The fourth-order valence-electron chi connectivity index (χ4n) is 1.01. The second-order valence-electron chi connectivity index (χ2n) is 2.21. The summed E-state index contributed by atoms with van der Waals surface area (Å²) in [5.74, 6) is 0.367. The predicted octanol–water partition coefficient (Wildman–Crippen LogP) is 1.43. The third kappa shape index (κ3) is 0.849. The van der Waals surface area contributed by atoms with Crippen LogP contribution in [0, 0.1) is 11.3 Å². The van der Waals surface area contributed by atoms with Gasteiger partial charge in [-0.2, -0.15) is 5.26 Å². The monoisotopic (exact) mass is 143 g/mol. The number of H-pyrrole nitrogens is 1. The van der Waals surface area contributed by atoms with Crippen LogP contribution in [-0.4, -0.2) is 9.97 Å². The Kier molecular flexibility index (Phi) is 1.13. The molecule has 52 valence electrons. The molecular formula is C8H5N3. The van der Waals surface area contributed by atoms with Gasteiger partial charge in [0.1, 0.15) is 6.07 Å². The third-order valence-electron chi connectivity index (χ3n) is 1.50. The molecule has 0 atom stereocenters. The summed E-state index contributed by atoms with van der Waals surface area (Å²) in [6.45, 7) is 0. The van der Waals surface area contributed by atoms with E-state index < -0.39 is 0 Å². The van der Waals surface area contributed by atoms with E-state index in [2.05, 4.69) is 9.97 Å². The lowest BCUT2D eigenvalue weighted by molar-refractivity contribution is 1.25. The van der Waals surface area contributed by atoms with E-state index in [-0.39, 0.29) is 0 Å². The van der Waals surface area contributed by atoms with E-state index >= 15 is 0 Å². The number of hydrogen-bond acceptors (Lipinski definition) is 2. The second-order valence-corrected chi connectivity index (χ2v) is 2.21. The van der Waals surface area contributed by atoms with Crippen LogP contribution in [0.1, 0.15) is 5.82 Å². The molecule has 0 bridgehead atoms. The number of fused-ring (bicyclic) bond motifs is 1.